The highest BCUT2D eigenvalue weighted by Crippen LogP contribution is 2.43. The second kappa shape index (κ2) is 40.6. The summed E-state index contributed by atoms with van der Waals surface area (Å²) in [6.07, 6.45) is 40.1. The molecule has 0 fully saturated rings. The summed E-state index contributed by atoms with van der Waals surface area (Å²) in [7, 11) is -4.63. The van der Waals surface area contributed by atoms with Crippen molar-refractivity contribution in [3.8, 4) is 0 Å². The normalized spacial score (nSPS) is 14.1. The minimum atomic E-state index is -4.63. The minimum absolute atomic E-state index is 0.189. The number of aliphatic hydroxyl groups is 2. The lowest BCUT2D eigenvalue weighted by Crippen LogP contribution is -2.28. The smallest absolute Gasteiger partial charge is 0.457 e. The van der Waals surface area contributed by atoms with Crippen LogP contribution in [0.25, 0.3) is 0 Å². The fraction of sp³-hybridized carbons (Fsp3) is 0.864. The van der Waals surface area contributed by atoms with Crippen LogP contribution < -0.4 is 0 Å². The third kappa shape index (κ3) is 39.1. The second-order valence-corrected chi connectivity index (χ2v) is 16.5. The van der Waals surface area contributed by atoms with Crippen LogP contribution in [0.3, 0.4) is 0 Å². The van der Waals surface area contributed by atoms with Crippen LogP contribution in [-0.4, -0.2) is 65.7 Å². The highest BCUT2D eigenvalue weighted by Gasteiger charge is 2.27. The average Bonchev–Trinajstić information content (AvgIpc) is 3.17. The standard InChI is InChI=1S/C44H83O10P/c1-3-5-7-9-11-13-15-16-17-18-19-20-21-22-23-24-26-28-30-32-34-36-44(48)54-42(38-46)40-52-55(49,50)51-39-41(37-45)53-43(47)35-33-31-29-27-25-14-12-10-8-6-4-2/h15-16,18-19,41-42,45-46H,3-14,17,20-40H2,1-2H3,(H,49,50)/b16-15-,19-18-. The number of hydrogen-bond donors (Lipinski definition) is 3. The highest BCUT2D eigenvalue weighted by molar-refractivity contribution is 7.47. The number of esters is 2. The molecular formula is C44H83O10P. The van der Waals surface area contributed by atoms with Crippen LogP contribution in [0.5, 0.6) is 0 Å². The molecule has 324 valence electrons. The SMILES string of the molecule is CCCCCCC/C=C\C/C=C\CCCCCCCCCCCC(=O)OC(CO)COP(=O)(O)OCC(CO)OC(=O)CCCCCCCCCCCCC. The minimum Gasteiger partial charge on any atom is -0.457 e. The second-order valence-electron chi connectivity index (χ2n) is 15.0. The highest BCUT2D eigenvalue weighted by atomic mass is 31.2. The Morgan fingerprint density at radius 1 is 0.491 bits per heavy atom. The van der Waals surface area contributed by atoms with E-state index >= 15 is 0 Å². The molecule has 0 aliphatic carbocycles. The summed E-state index contributed by atoms with van der Waals surface area (Å²) in [6.45, 7) is 2.20. The summed E-state index contributed by atoms with van der Waals surface area (Å²) in [6, 6.07) is 0. The van der Waals surface area contributed by atoms with E-state index < -0.39 is 58.4 Å². The van der Waals surface area contributed by atoms with Crippen LogP contribution in [0.15, 0.2) is 24.3 Å². The van der Waals surface area contributed by atoms with Gasteiger partial charge < -0.3 is 24.6 Å². The van der Waals surface area contributed by atoms with Gasteiger partial charge in [-0.15, -0.1) is 0 Å². The molecule has 0 aliphatic heterocycles. The molecule has 0 saturated carbocycles. The zero-order valence-corrected chi connectivity index (χ0v) is 36.0. The molecule has 0 saturated heterocycles. The summed E-state index contributed by atoms with van der Waals surface area (Å²) >= 11 is 0. The monoisotopic (exact) mass is 803 g/mol. The first kappa shape index (κ1) is 53.5. The molecule has 10 nitrogen and oxygen atoms in total. The molecule has 55 heavy (non-hydrogen) atoms. The van der Waals surface area contributed by atoms with Crippen molar-refractivity contribution >= 4 is 19.8 Å². The van der Waals surface area contributed by atoms with E-state index in [1.165, 1.54) is 116 Å². The van der Waals surface area contributed by atoms with Gasteiger partial charge in [0.1, 0.15) is 12.2 Å². The zero-order chi connectivity index (χ0) is 40.5. The predicted molar refractivity (Wildman–Crippen MR) is 224 cm³/mol. The lowest BCUT2D eigenvalue weighted by molar-refractivity contribution is -0.153. The van der Waals surface area contributed by atoms with Crippen molar-refractivity contribution in [3.05, 3.63) is 24.3 Å². The van der Waals surface area contributed by atoms with Gasteiger partial charge in [0, 0.05) is 12.8 Å². The molecule has 0 amide bonds. The number of carbonyl (C=O) groups excluding carboxylic acids is 2. The van der Waals surface area contributed by atoms with Gasteiger partial charge in [-0.05, 0) is 44.9 Å². The summed E-state index contributed by atoms with van der Waals surface area (Å²) in [4.78, 5) is 34.5. The molecule has 11 heteroatoms. The van der Waals surface area contributed by atoms with E-state index in [0.29, 0.717) is 12.8 Å². The van der Waals surface area contributed by atoms with E-state index in [2.05, 4.69) is 38.2 Å². The molecule has 3 N–H and O–H groups in total. The van der Waals surface area contributed by atoms with E-state index in [-0.39, 0.29) is 12.8 Å². The molecular weight excluding hydrogens is 719 g/mol. The molecule has 0 spiro atoms. The van der Waals surface area contributed by atoms with Crippen molar-refractivity contribution in [2.75, 3.05) is 26.4 Å². The van der Waals surface area contributed by atoms with Crippen LogP contribution in [0.2, 0.25) is 0 Å². The van der Waals surface area contributed by atoms with Gasteiger partial charge in [0.2, 0.25) is 0 Å². The molecule has 3 unspecified atom stereocenters. The quantitative estimate of drug-likeness (QED) is 0.0236. The molecule has 0 aromatic heterocycles. The third-order valence-electron chi connectivity index (χ3n) is 9.67. The Hall–Kier alpha value is -1.55. The lowest BCUT2D eigenvalue weighted by atomic mass is 10.1. The Morgan fingerprint density at radius 3 is 1.13 bits per heavy atom. The lowest BCUT2D eigenvalue weighted by Gasteiger charge is -2.20. The van der Waals surface area contributed by atoms with Crippen LogP contribution in [0, 0.1) is 0 Å². The maximum absolute atomic E-state index is 12.3. The molecule has 0 aromatic carbocycles. The number of carbonyl (C=O) groups is 2. The number of hydrogen-bond acceptors (Lipinski definition) is 9. The van der Waals surface area contributed by atoms with Crippen LogP contribution in [0.1, 0.15) is 206 Å². The molecule has 0 aliphatic rings. The number of aliphatic hydroxyl groups excluding tert-OH is 2. The van der Waals surface area contributed by atoms with Gasteiger partial charge >= 0.3 is 19.8 Å². The molecule has 3 atom stereocenters. The summed E-state index contributed by atoms with van der Waals surface area (Å²) in [5.41, 5.74) is 0. The summed E-state index contributed by atoms with van der Waals surface area (Å²) < 4.78 is 32.5. The van der Waals surface area contributed by atoms with E-state index in [1.54, 1.807) is 0 Å². The van der Waals surface area contributed by atoms with Crippen LogP contribution >= 0.6 is 7.82 Å². The first-order valence-corrected chi connectivity index (χ1v) is 23.8. The Labute approximate surface area is 336 Å². The molecule has 0 aromatic rings. The molecule has 0 heterocycles. The van der Waals surface area contributed by atoms with Gasteiger partial charge in [0.05, 0.1) is 26.4 Å². The summed E-state index contributed by atoms with van der Waals surface area (Å²) in [5.74, 6) is -1.02. The van der Waals surface area contributed by atoms with Crippen LogP contribution in [-0.2, 0) is 32.7 Å². The van der Waals surface area contributed by atoms with E-state index in [9.17, 15) is 29.3 Å². The van der Waals surface area contributed by atoms with Crippen molar-refractivity contribution < 1.29 is 47.8 Å². The Bertz CT molecular complexity index is 972. The van der Waals surface area contributed by atoms with E-state index in [1.807, 2.05) is 0 Å². The topological polar surface area (TPSA) is 149 Å². The predicted octanol–water partition coefficient (Wildman–Crippen LogP) is 11.8. The van der Waals surface area contributed by atoms with Gasteiger partial charge in [-0.3, -0.25) is 18.6 Å². The first-order valence-electron chi connectivity index (χ1n) is 22.3. The first-order chi connectivity index (χ1) is 26.8. The number of rotatable bonds is 42. The van der Waals surface area contributed by atoms with E-state index in [0.717, 1.165) is 51.4 Å². The fourth-order valence-corrected chi connectivity index (χ4v) is 6.99. The van der Waals surface area contributed by atoms with E-state index in [4.69, 9.17) is 18.5 Å². The Kier molecular flexibility index (Phi) is 39.5. The van der Waals surface area contributed by atoms with Crippen LogP contribution in [0.4, 0.5) is 0 Å². The number of allylic oxidation sites excluding steroid dienone is 4. The Balaban J connectivity index is 3.87. The number of phosphoric acid groups is 1. The summed E-state index contributed by atoms with van der Waals surface area (Å²) in [5, 5.41) is 19.1. The number of unbranched alkanes of at least 4 members (excludes halogenated alkanes) is 24. The van der Waals surface area contributed by atoms with Gasteiger partial charge in [-0.1, -0.05) is 173 Å². The maximum atomic E-state index is 12.3. The maximum Gasteiger partial charge on any atom is 0.472 e. The molecule has 0 rings (SSSR count). The molecule has 0 bridgehead atoms. The van der Waals surface area contributed by atoms with Gasteiger partial charge in [0.15, 0.2) is 0 Å². The van der Waals surface area contributed by atoms with Gasteiger partial charge in [-0.2, -0.15) is 0 Å². The van der Waals surface area contributed by atoms with Crippen molar-refractivity contribution in [2.24, 2.45) is 0 Å². The van der Waals surface area contributed by atoms with Gasteiger partial charge in [0.25, 0.3) is 0 Å². The van der Waals surface area contributed by atoms with Crippen molar-refractivity contribution in [1.82, 2.24) is 0 Å². The number of ether oxygens (including phenoxy) is 2. The fourth-order valence-electron chi connectivity index (χ4n) is 6.20. The largest absolute Gasteiger partial charge is 0.472 e. The third-order valence-corrected chi connectivity index (χ3v) is 10.6. The van der Waals surface area contributed by atoms with Gasteiger partial charge in [-0.25, -0.2) is 4.57 Å². The van der Waals surface area contributed by atoms with Crippen molar-refractivity contribution in [2.45, 2.75) is 219 Å². The van der Waals surface area contributed by atoms with Crippen molar-refractivity contribution in [1.29, 1.82) is 0 Å². The van der Waals surface area contributed by atoms with Crippen molar-refractivity contribution in [3.63, 3.8) is 0 Å². The zero-order valence-electron chi connectivity index (χ0n) is 35.2. The average molecular weight is 803 g/mol. The molecule has 0 radical (unpaired) electrons. The Morgan fingerprint density at radius 2 is 0.800 bits per heavy atom. The number of phosphoric ester groups is 1.